The van der Waals surface area contributed by atoms with Crippen molar-refractivity contribution < 1.29 is 9.90 Å². The van der Waals surface area contributed by atoms with Gasteiger partial charge in [-0.05, 0) is 75.4 Å². The molecule has 0 unspecified atom stereocenters. The van der Waals surface area contributed by atoms with Gasteiger partial charge in [-0.3, -0.25) is 14.7 Å². The summed E-state index contributed by atoms with van der Waals surface area (Å²) in [6, 6.07) is 13.9. The number of aromatic nitrogens is 2. The highest BCUT2D eigenvalue weighted by atomic mass is 35.5. The summed E-state index contributed by atoms with van der Waals surface area (Å²) in [4.78, 5) is 26.1. The number of carbonyl (C=O) groups is 1. The van der Waals surface area contributed by atoms with E-state index in [1.165, 1.54) is 38.5 Å². The standard InChI is InChI=1S/C25H35N5O2.C6H4Cl2/c1-4-9-25-11-10-24(25,3)17(2)30(25)19-7-12-29(13-8-19)22-15-26-21-14-18(27-23(32)16-31)5-6-20(21)28-22;7-5-2-1-3-6(8)4-5/h5-6,14-15,17,19,31H,4,7-13,16H2,1-3H3,(H,27,32);1-4H/t17-,24-,25-;/m0./s1. The van der Waals surface area contributed by atoms with Gasteiger partial charge in [0.1, 0.15) is 12.4 Å². The highest BCUT2D eigenvalue weighted by molar-refractivity contribution is 6.34. The quantitative estimate of drug-likeness (QED) is 0.341. The van der Waals surface area contributed by atoms with Crippen LogP contribution in [0.1, 0.15) is 59.3 Å². The number of fused-ring (bicyclic) bond motifs is 2. The molecule has 2 N–H and O–H groups in total. The molecule has 3 heterocycles. The van der Waals surface area contributed by atoms with Crippen LogP contribution in [0.25, 0.3) is 11.0 Å². The normalized spacial score (nSPS) is 26.2. The molecule has 1 aromatic heterocycles. The van der Waals surface area contributed by atoms with Crippen LogP contribution in [0, 0.1) is 5.41 Å². The Morgan fingerprint density at radius 2 is 1.82 bits per heavy atom. The van der Waals surface area contributed by atoms with Gasteiger partial charge >= 0.3 is 0 Å². The zero-order valence-corrected chi connectivity index (χ0v) is 25.0. The molecule has 3 fully saturated rings. The molecular formula is C31H39Cl2N5O2. The zero-order valence-electron chi connectivity index (χ0n) is 23.5. The van der Waals surface area contributed by atoms with Crippen molar-refractivity contribution in [2.45, 2.75) is 76.9 Å². The molecule has 1 amide bonds. The third-order valence-corrected chi connectivity index (χ3v) is 10.0. The summed E-state index contributed by atoms with van der Waals surface area (Å²) in [5, 5.41) is 12.9. The van der Waals surface area contributed by atoms with Crippen LogP contribution in [0.3, 0.4) is 0 Å². The van der Waals surface area contributed by atoms with E-state index in [2.05, 4.69) is 40.9 Å². The first-order valence-corrected chi connectivity index (χ1v) is 15.1. The number of likely N-dealkylation sites (tertiary alicyclic amines) is 1. The number of rotatable bonds is 6. The Hall–Kier alpha value is -2.45. The van der Waals surface area contributed by atoms with Gasteiger partial charge in [0.05, 0.1) is 17.2 Å². The SMILES string of the molecule is CCC[C@]12CC[C@@]1(C)[C@H](C)N2C1CCN(c2cnc3cc(NC(=O)CO)ccc3n2)CC1.Clc1cccc(Cl)c1. The maximum absolute atomic E-state index is 11.4. The predicted molar refractivity (Wildman–Crippen MR) is 163 cm³/mol. The minimum absolute atomic E-state index is 0.434. The average molecular weight is 585 g/mol. The maximum Gasteiger partial charge on any atom is 0.250 e. The van der Waals surface area contributed by atoms with Crippen molar-refractivity contribution in [1.29, 1.82) is 0 Å². The number of nitrogens with one attached hydrogen (secondary N) is 1. The number of hydrogen-bond donors (Lipinski definition) is 2. The number of carbonyl (C=O) groups excluding carboxylic acids is 1. The summed E-state index contributed by atoms with van der Waals surface area (Å²) in [5.41, 5.74) is 3.15. The first kappa shape index (κ1) is 29.1. The lowest BCUT2D eigenvalue weighted by Crippen LogP contribution is -2.85. The van der Waals surface area contributed by atoms with Crippen LogP contribution in [-0.4, -0.2) is 63.2 Å². The first-order valence-electron chi connectivity index (χ1n) is 14.3. The van der Waals surface area contributed by atoms with E-state index < -0.39 is 12.5 Å². The van der Waals surface area contributed by atoms with E-state index in [1.54, 1.807) is 30.3 Å². The Labute approximate surface area is 246 Å². The van der Waals surface area contributed by atoms with Gasteiger partial charge < -0.3 is 15.3 Å². The lowest BCUT2D eigenvalue weighted by Gasteiger charge is -2.79. The van der Waals surface area contributed by atoms with Gasteiger partial charge in [-0.25, -0.2) is 4.98 Å². The molecule has 2 aliphatic heterocycles. The number of hydrogen-bond acceptors (Lipinski definition) is 6. The molecular weight excluding hydrogens is 545 g/mol. The topological polar surface area (TPSA) is 81.6 Å². The van der Waals surface area contributed by atoms with Gasteiger partial charge in [-0.15, -0.1) is 0 Å². The zero-order chi connectivity index (χ0) is 28.5. The van der Waals surface area contributed by atoms with Gasteiger partial charge in [0.25, 0.3) is 0 Å². The molecule has 0 spiro atoms. The van der Waals surface area contributed by atoms with Crippen molar-refractivity contribution in [3.8, 4) is 0 Å². The lowest BCUT2D eigenvalue weighted by molar-refractivity contribution is -0.286. The average Bonchev–Trinajstić information content (AvgIpc) is 2.96. The molecule has 1 saturated carbocycles. The molecule has 2 aromatic carbocycles. The monoisotopic (exact) mass is 583 g/mol. The molecule has 40 heavy (non-hydrogen) atoms. The van der Waals surface area contributed by atoms with Crippen LogP contribution in [0.5, 0.6) is 0 Å². The molecule has 0 radical (unpaired) electrons. The van der Waals surface area contributed by atoms with Gasteiger partial charge in [0.2, 0.25) is 5.91 Å². The van der Waals surface area contributed by atoms with Crippen molar-refractivity contribution in [2.75, 3.05) is 29.9 Å². The van der Waals surface area contributed by atoms with Gasteiger partial charge in [0.15, 0.2) is 0 Å². The summed E-state index contributed by atoms with van der Waals surface area (Å²) >= 11 is 11.1. The third kappa shape index (κ3) is 5.29. The Balaban J connectivity index is 0.000000348. The van der Waals surface area contributed by atoms with Crippen molar-refractivity contribution in [2.24, 2.45) is 5.41 Å². The fraction of sp³-hybridized carbons (Fsp3) is 0.516. The molecule has 0 bridgehead atoms. The Morgan fingerprint density at radius 1 is 1.10 bits per heavy atom. The van der Waals surface area contributed by atoms with Crippen LogP contribution in [0.15, 0.2) is 48.7 Å². The minimum atomic E-state index is -0.534. The van der Waals surface area contributed by atoms with Crippen molar-refractivity contribution in [3.63, 3.8) is 0 Å². The molecule has 6 rings (SSSR count). The molecule has 3 aliphatic rings. The number of halogens is 2. The van der Waals surface area contributed by atoms with Crippen LogP contribution >= 0.6 is 23.2 Å². The highest BCUT2D eigenvalue weighted by Gasteiger charge is 2.72. The number of piperidine rings is 2. The van der Waals surface area contributed by atoms with Crippen LogP contribution in [-0.2, 0) is 4.79 Å². The fourth-order valence-electron chi connectivity index (χ4n) is 7.32. The molecule has 1 aliphatic carbocycles. The Morgan fingerprint density at radius 3 is 2.40 bits per heavy atom. The van der Waals surface area contributed by atoms with Crippen LogP contribution in [0.4, 0.5) is 11.5 Å². The van der Waals surface area contributed by atoms with E-state index >= 15 is 0 Å². The van der Waals surface area contributed by atoms with Crippen molar-refractivity contribution >= 4 is 51.6 Å². The summed E-state index contributed by atoms with van der Waals surface area (Å²) in [6.45, 7) is 8.79. The highest BCUT2D eigenvalue weighted by Crippen LogP contribution is 2.68. The molecule has 7 nitrogen and oxygen atoms in total. The van der Waals surface area contributed by atoms with Gasteiger partial charge in [-0.2, -0.15) is 0 Å². The van der Waals surface area contributed by atoms with E-state index in [9.17, 15) is 4.79 Å². The largest absolute Gasteiger partial charge is 0.387 e. The van der Waals surface area contributed by atoms with E-state index in [0.717, 1.165) is 29.9 Å². The minimum Gasteiger partial charge on any atom is -0.387 e. The van der Waals surface area contributed by atoms with Crippen LogP contribution in [0.2, 0.25) is 10.0 Å². The molecule has 3 atom stereocenters. The van der Waals surface area contributed by atoms with Crippen LogP contribution < -0.4 is 10.2 Å². The second-order valence-electron chi connectivity index (χ2n) is 11.6. The van der Waals surface area contributed by atoms with E-state index in [0.29, 0.717) is 38.8 Å². The molecule has 2 saturated heterocycles. The second-order valence-corrected chi connectivity index (χ2v) is 12.5. The second kappa shape index (κ2) is 11.8. The Bertz CT molecular complexity index is 1350. The predicted octanol–water partition coefficient (Wildman–Crippen LogP) is 6.57. The number of benzene rings is 2. The van der Waals surface area contributed by atoms with Gasteiger partial charge in [0, 0.05) is 51.9 Å². The number of nitrogens with zero attached hydrogens (tertiary/aromatic N) is 4. The molecule has 214 valence electrons. The van der Waals surface area contributed by atoms with Crippen molar-refractivity contribution in [1.82, 2.24) is 14.9 Å². The number of aliphatic hydroxyl groups is 1. The smallest absolute Gasteiger partial charge is 0.250 e. The number of amides is 1. The Kier molecular flexibility index (Phi) is 8.58. The van der Waals surface area contributed by atoms with E-state index in [4.69, 9.17) is 33.3 Å². The third-order valence-electron chi connectivity index (χ3n) is 9.54. The summed E-state index contributed by atoms with van der Waals surface area (Å²) in [5.74, 6) is 0.493. The number of aliphatic hydroxyl groups excluding tert-OH is 1. The fourth-order valence-corrected chi connectivity index (χ4v) is 7.76. The van der Waals surface area contributed by atoms with Crippen molar-refractivity contribution in [3.05, 3.63) is 58.7 Å². The summed E-state index contributed by atoms with van der Waals surface area (Å²) < 4.78 is 0. The maximum atomic E-state index is 11.4. The lowest BCUT2D eigenvalue weighted by atomic mass is 9.43. The van der Waals surface area contributed by atoms with Gasteiger partial charge in [-0.1, -0.05) is 49.5 Å². The van der Waals surface area contributed by atoms with E-state index in [-0.39, 0.29) is 0 Å². The summed E-state index contributed by atoms with van der Waals surface area (Å²) in [6.07, 6.45) is 9.57. The van der Waals surface area contributed by atoms with E-state index in [1.807, 2.05) is 18.3 Å². The molecule has 3 aromatic rings. The molecule has 9 heteroatoms. The summed E-state index contributed by atoms with van der Waals surface area (Å²) in [7, 11) is 0. The number of anilines is 2. The first-order chi connectivity index (χ1) is 19.2.